The summed E-state index contributed by atoms with van der Waals surface area (Å²) in [6.45, 7) is 0.0868. The Morgan fingerprint density at radius 1 is 1.23 bits per heavy atom. The molecule has 3 aromatic heterocycles. The van der Waals surface area contributed by atoms with Crippen molar-refractivity contribution in [3.05, 3.63) is 70.1 Å². The average molecular weight is 491 g/mol. The van der Waals surface area contributed by atoms with Gasteiger partial charge >= 0.3 is 0 Å². The molecule has 0 bridgehead atoms. The van der Waals surface area contributed by atoms with Crippen LogP contribution in [-0.4, -0.2) is 37.0 Å². The highest BCUT2D eigenvalue weighted by Gasteiger charge is 2.23. The Morgan fingerprint density at radius 2 is 2.09 bits per heavy atom. The van der Waals surface area contributed by atoms with Crippen molar-refractivity contribution in [3.63, 3.8) is 0 Å². The van der Waals surface area contributed by atoms with Crippen LogP contribution in [0.1, 0.15) is 59.0 Å². The van der Waals surface area contributed by atoms with Gasteiger partial charge in [-0.05, 0) is 42.2 Å². The maximum Gasteiger partial charge on any atom is 0.272 e. The van der Waals surface area contributed by atoms with E-state index in [1.807, 2.05) is 5.38 Å². The molecule has 178 valence electrons. The van der Waals surface area contributed by atoms with Gasteiger partial charge in [0.1, 0.15) is 29.3 Å². The number of imidazole rings is 1. The molecule has 1 aliphatic rings. The number of H-pyrrole nitrogens is 1. The van der Waals surface area contributed by atoms with Crippen LogP contribution in [-0.2, 0) is 6.54 Å². The van der Waals surface area contributed by atoms with Crippen LogP contribution in [0.5, 0.6) is 0 Å². The first-order valence-electron chi connectivity index (χ1n) is 11.2. The maximum atomic E-state index is 14.4. The largest absolute Gasteiger partial charge is 0.347 e. The van der Waals surface area contributed by atoms with Crippen LogP contribution in [0.15, 0.2) is 41.6 Å². The zero-order valence-electron chi connectivity index (χ0n) is 18.7. The molecule has 3 heterocycles. The van der Waals surface area contributed by atoms with Gasteiger partial charge in [-0.1, -0.05) is 12.8 Å². The van der Waals surface area contributed by atoms with E-state index in [2.05, 4.69) is 35.6 Å². The van der Waals surface area contributed by atoms with Gasteiger partial charge in [0.05, 0.1) is 5.51 Å². The second-order valence-corrected chi connectivity index (χ2v) is 9.04. The molecule has 4 N–H and O–H groups in total. The summed E-state index contributed by atoms with van der Waals surface area (Å²) < 4.78 is 14.4. The van der Waals surface area contributed by atoms with Crippen molar-refractivity contribution in [1.82, 2.24) is 30.2 Å². The summed E-state index contributed by atoms with van der Waals surface area (Å²) in [4.78, 5) is 33.3. The number of nitrogens with zero attached hydrogens (tertiary/aromatic N) is 4. The molecule has 9 nitrogen and oxygen atoms in total. The number of nitrogens with one attached hydrogen (secondary N) is 4. The Hall–Kier alpha value is -3.99. The number of anilines is 1. The molecule has 0 radical (unpaired) electrons. The van der Waals surface area contributed by atoms with Gasteiger partial charge in [0.25, 0.3) is 5.91 Å². The van der Waals surface area contributed by atoms with Crippen LogP contribution in [0.3, 0.4) is 0 Å². The Bertz CT molecular complexity index is 1390. The SMILES string of the molecule is N=C/C(=C\Nc1cscn1)c1cc(F)cc(CNC(=O)c2ncnc3nc(C4CCCC4)[nH]c23)c1. The highest BCUT2D eigenvalue weighted by molar-refractivity contribution is 7.07. The Kier molecular flexibility index (Phi) is 6.57. The molecule has 0 unspecified atom stereocenters. The molecular weight excluding hydrogens is 467 g/mol. The van der Waals surface area contributed by atoms with E-state index in [4.69, 9.17) is 5.41 Å². The second-order valence-electron chi connectivity index (χ2n) is 8.32. The number of fused-ring (bicyclic) bond motifs is 1. The van der Waals surface area contributed by atoms with Crippen LogP contribution >= 0.6 is 11.3 Å². The lowest BCUT2D eigenvalue weighted by atomic mass is 10.0. The number of aromatic amines is 1. The normalized spacial score (nSPS) is 14.4. The van der Waals surface area contributed by atoms with Gasteiger partial charge in [0, 0.05) is 35.8 Å². The minimum absolute atomic E-state index is 0.0868. The van der Waals surface area contributed by atoms with Crippen molar-refractivity contribution in [2.75, 3.05) is 5.32 Å². The number of allylic oxidation sites excluding steroid dienone is 1. The summed E-state index contributed by atoms with van der Waals surface area (Å²) in [6.07, 6.45) is 8.54. The van der Waals surface area contributed by atoms with E-state index < -0.39 is 11.7 Å². The van der Waals surface area contributed by atoms with Crippen molar-refractivity contribution in [2.45, 2.75) is 38.1 Å². The van der Waals surface area contributed by atoms with E-state index in [1.54, 1.807) is 17.8 Å². The molecule has 0 aliphatic heterocycles. The molecular formula is C24H23FN8OS. The van der Waals surface area contributed by atoms with Crippen LogP contribution < -0.4 is 10.6 Å². The van der Waals surface area contributed by atoms with Gasteiger partial charge in [-0.25, -0.2) is 24.3 Å². The van der Waals surface area contributed by atoms with Gasteiger partial charge in [0.15, 0.2) is 11.3 Å². The quantitative estimate of drug-likeness (QED) is 0.266. The molecule has 11 heteroatoms. The molecule has 0 spiro atoms. The molecule has 0 atom stereocenters. The monoisotopic (exact) mass is 490 g/mol. The predicted molar refractivity (Wildman–Crippen MR) is 133 cm³/mol. The third-order valence-electron chi connectivity index (χ3n) is 5.97. The van der Waals surface area contributed by atoms with E-state index in [0.29, 0.717) is 39.6 Å². The number of thiazole rings is 1. The number of aromatic nitrogens is 5. The van der Waals surface area contributed by atoms with E-state index in [-0.39, 0.29) is 12.2 Å². The van der Waals surface area contributed by atoms with Crippen molar-refractivity contribution in [3.8, 4) is 0 Å². The molecule has 1 fully saturated rings. The number of carbonyl (C=O) groups is 1. The predicted octanol–water partition coefficient (Wildman–Crippen LogP) is 4.64. The lowest BCUT2D eigenvalue weighted by Crippen LogP contribution is -2.24. The maximum absolute atomic E-state index is 14.4. The van der Waals surface area contributed by atoms with Crippen LogP contribution in [0.4, 0.5) is 10.2 Å². The minimum Gasteiger partial charge on any atom is -0.347 e. The van der Waals surface area contributed by atoms with Crippen molar-refractivity contribution in [2.24, 2.45) is 0 Å². The van der Waals surface area contributed by atoms with Gasteiger partial charge in [0.2, 0.25) is 0 Å². The average Bonchev–Trinajstić information content (AvgIpc) is 3.63. The minimum atomic E-state index is -0.465. The first-order chi connectivity index (χ1) is 17.1. The standard InChI is InChI=1S/C24H23FN8OS/c25-18-6-14(5-16(7-18)17(8-26)10-27-19-11-35-13-31-19)9-28-24(34)21-20-23(30-12-29-21)33-22(32-20)15-3-1-2-4-15/h5-8,10-13,15,26-27H,1-4,9H2,(H,28,34)(H,29,30,32,33)/b17-10+,26-8?. The molecule has 1 aliphatic carbocycles. The smallest absolute Gasteiger partial charge is 0.272 e. The third-order valence-corrected chi connectivity index (χ3v) is 6.56. The van der Waals surface area contributed by atoms with E-state index >= 15 is 0 Å². The van der Waals surface area contributed by atoms with Crippen LogP contribution in [0.2, 0.25) is 0 Å². The summed E-state index contributed by atoms with van der Waals surface area (Å²) >= 11 is 1.44. The van der Waals surface area contributed by atoms with Crippen molar-refractivity contribution >= 4 is 46.0 Å². The molecule has 1 saturated carbocycles. The van der Waals surface area contributed by atoms with Gasteiger partial charge in [-0.3, -0.25) is 4.79 Å². The Balaban J connectivity index is 1.32. The highest BCUT2D eigenvalue weighted by atomic mass is 32.1. The number of benzene rings is 1. The zero-order chi connectivity index (χ0) is 24.2. The second kappa shape index (κ2) is 10.1. The molecule has 35 heavy (non-hydrogen) atoms. The summed E-state index contributed by atoms with van der Waals surface area (Å²) in [5.74, 6) is 0.973. The summed E-state index contributed by atoms with van der Waals surface area (Å²) in [6, 6.07) is 4.42. The van der Waals surface area contributed by atoms with Crippen molar-refractivity contribution < 1.29 is 9.18 Å². The molecule has 1 amide bonds. The highest BCUT2D eigenvalue weighted by Crippen LogP contribution is 2.33. The Labute approximate surface area is 204 Å². The number of halogens is 1. The molecule has 1 aromatic carbocycles. The van der Waals surface area contributed by atoms with E-state index in [9.17, 15) is 9.18 Å². The zero-order valence-corrected chi connectivity index (χ0v) is 19.5. The van der Waals surface area contributed by atoms with Crippen LogP contribution in [0.25, 0.3) is 16.7 Å². The molecule has 0 saturated heterocycles. The fourth-order valence-electron chi connectivity index (χ4n) is 4.24. The van der Waals surface area contributed by atoms with E-state index in [0.717, 1.165) is 24.9 Å². The lowest BCUT2D eigenvalue weighted by Gasteiger charge is -2.09. The third kappa shape index (κ3) is 5.09. The Morgan fingerprint density at radius 3 is 2.86 bits per heavy atom. The number of hydrogen-bond acceptors (Lipinski definition) is 8. The van der Waals surface area contributed by atoms with Gasteiger partial charge in [-0.15, -0.1) is 11.3 Å². The van der Waals surface area contributed by atoms with Crippen molar-refractivity contribution in [1.29, 1.82) is 5.41 Å². The van der Waals surface area contributed by atoms with E-state index in [1.165, 1.54) is 42.6 Å². The lowest BCUT2D eigenvalue weighted by molar-refractivity contribution is 0.0947. The number of amides is 1. The fourth-order valence-corrected chi connectivity index (χ4v) is 4.73. The van der Waals surface area contributed by atoms with Crippen LogP contribution in [0, 0.1) is 11.2 Å². The first kappa shape index (κ1) is 22.8. The summed E-state index contributed by atoms with van der Waals surface area (Å²) in [5, 5.41) is 15.3. The first-order valence-corrected chi connectivity index (χ1v) is 12.2. The number of hydrogen-bond donors (Lipinski definition) is 4. The topological polar surface area (TPSA) is 132 Å². The summed E-state index contributed by atoms with van der Waals surface area (Å²) in [5.41, 5.74) is 4.40. The molecule has 5 rings (SSSR count). The number of rotatable bonds is 8. The van der Waals surface area contributed by atoms with Gasteiger partial charge < -0.3 is 21.0 Å². The summed E-state index contributed by atoms with van der Waals surface area (Å²) in [7, 11) is 0. The van der Waals surface area contributed by atoms with Gasteiger partial charge in [-0.2, -0.15) is 0 Å². The fraction of sp³-hybridized carbons (Fsp3) is 0.250. The molecule has 4 aromatic rings. The number of carbonyl (C=O) groups excluding carboxylic acids is 1.